The summed E-state index contributed by atoms with van der Waals surface area (Å²) in [5.74, 6) is -2.34. The van der Waals surface area contributed by atoms with Gasteiger partial charge in [0, 0.05) is 12.8 Å². The van der Waals surface area contributed by atoms with Crippen molar-refractivity contribution in [3.63, 3.8) is 0 Å². The van der Waals surface area contributed by atoms with Crippen LogP contribution in [0.25, 0.3) is 0 Å². The molecule has 0 fully saturated rings. The number of amides is 2. The molecule has 0 spiro atoms. The number of ether oxygens (including phenoxy) is 1. The Hall–Kier alpha value is -2.68. The fraction of sp³-hybridized carbons (Fsp3) is 0.826. The molecular weight excluding hydrogens is 693 g/mol. The Kier molecular flexibility index (Phi) is 39.0. The van der Waals surface area contributed by atoms with E-state index in [9.17, 15) is 19.2 Å². The third kappa shape index (κ3) is 38.0. The number of nitrogens with one attached hydrogen (secondary N) is 2. The molecule has 320 valence electrons. The summed E-state index contributed by atoms with van der Waals surface area (Å²) in [4.78, 5) is 47.4. The second-order valence-corrected chi connectivity index (χ2v) is 15.5. The molecule has 9 nitrogen and oxygen atoms in total. The first-order valence-electron chi connectivity index (χ1n) is 22.7. The van der Waals surface area contributed by atoms with Crippen LogP contribution in [0.15, 0.2) is 24.3 Å². The number of allylic oxidation sites excluding steroid dienone is 3. The Labute approximate surface area is 336 Å². The molecule has 9 heteroatoms. The second-order valence-electron chi connectivity index (χ2n) is 15.5. The van der Waals surface area contributed by atoms with Crippen LogP contribution in [0.5, 0.6) is 0 Å². The smallest absolute Gasteiger partial charge is 0.328 e. The van der Waals surface area contributed by atoms with Crippen molar-refractivity contribution in [2.24, 2.45) is 0 Å². The Morgan fingerprint density at radius 2 is 1.04 bits per heavy atom. The Bertz CT molecular complexity index is 983. The van der Waals surface area contributed by atoms with Crippen molar-refractivity contribution in [2.45, 2.75) is 231 Å². The number of carbonyl (C=O) groups excluding carboxylic acids is 3. The highest BCUT2D eigenvalue weighted by atomic mass is 16.5. The van der Waals surface area contributed by atoms with E-state index in [0.717, 1.165) is 64.2 Å². The number of aliphatic hydroxyl groups is 1. The first kappa shape index (κ1) is 52.3. The molecule has 2 atom stereocenters. The quantitative estimate of drug-likeness (QED) is 0.0275. The van der Waals surface area contributed by atoms with Crippen molar-refractivity contribution in [1.29, 1.82) is 0 Å². The van der Waals surface area contributed by atoms with Crippen molar-refractivity contribution in [1.82, 2.24) is 10.6 Å². The number of rotatable bonds is 41. The number of aliphatic carboxylic acids is 1. The zero-order valence-corrected chi connectivity index (χ0v) is 35.4. The van der Waals surface area contributed by atoms with Crippen molar-refractivity contribution in [2.75, 3.05) is 13.2 Å². The summed E-state index contributed by atoms with van der Waals surface area (Å²) in [6, 6.07) is -1.38. The molecule has 0 aromatic rings. The van der Waals surface area contributed by atoms with Gasteiger partial charge in [-0.1, -0.05) is 180 Å². The van der Waals surface area contributed by atoms with Gasteiger partial charge in [-0.2, -0.15) is 0 Å². The minimum absolute atomic E-state index is 0.0899. The van der Waals surface area contributed by atoms with E-state index in [1.165, 1.54) is 122 Å². The minimum Gasteiger partial charge on any atom is -0.480 e. The monoisotopic (exact) mass is 777 g/mol. The van der Waals surface area contributed by atoms with E-state index in [0.29, 0.717) is 19.3 Å². The number of hydrogen-bond donors (Lipinski definition) is 4. The van der Waals surface area contributed by atoms with Gasteiger partial charge in [0.15, 0.2) is 0 Å². The van der Waals surface area contributed by atoms with Gasteiger partial charge in [-0.25, -0.2) is 4.79 Å². The fourth-order valence-electron chi connectivity index (χ4n) is 6.66. The molecule has 0 aliphatic heterocycles. The van der Waals surface area contributed by atoms with Gasteiger partial charge in [0.25, 0.3) is 0 Å². The van der Waals surface area contributed by atoms with Crippen LogP contribution >= 0.6 is 0 Å². The maximum absolute atomic E-state index is 12.7. The highest BCUT2D eigenvalue weighted by molar-refractivity contribution is 5.87. The highest BCUT2D eigenvalue weighted by Crippen LogP contribution is 2.17. The van der Waals surface area contributed by atoms with Gasteiger partial charge in [-0.05, 0) is 51.0 Å². The topological polar surface area (TPSA) is 142 Å². The lowest BCUT2D eigenvalue weighted by atomic mass is 10.0. The maximum atomic E-state index is 12.7. The lowest BCUT2D eigenvalue weighted by Crippen LogP contribution is -2.47. The zero-order chi connectivity index (χ0) is 40.5. The summed E-state index contributed by atoms with van der Waals surface area (Å²) in [5.41, 5.74) is 0. The standard InChI is InChI=1S/C46H84N2O7/c1-3-5-7-9-11-13-14-15-16-17-18-19-20-22-24-30-34-38-45(52)55-41(35-31-27-23-21-12-10-8-6-4-2)36-32-28-25-26-29-33-37-43(50)47-39-44(51)48-42(40-49)46(53)54/h21,23,31,35,41-42,49H,3-20,22,24-30,32-34,36-40H2,1-2H3,(H,47,50)(H,48,51)(H,53,54)/b23-21-,35-31-. The van der Waals surface area contributed by atoms with Gasteiger partial charge < -0.3 is 25.6 Å². The van der Waals surface area contributed by atoms with Crippen LogP contribution in [0.3, 0.4) is 0 Å². The van der Waals surface area contributed by atoms with Crippen LogP contribution in [0.4, 0.5) is 0 Å². The molecule has 0 radical (unpaired) electrons. The number of carbonyl (C=O) groups is 4. The third-order valence-electron chi connectivity index (χ3n) is 10.2. The van der Waals surface area contributed by atoms with E-state index in [1.807, 2.05) is 0 Å². The molecule has 0 saturated heterocycles. The molecule has 0 rings (SSSR count). The molecule has 0 saturated carbocycles. The van der Waals surface area contributed by atoms with Gasteiger partial charge in [0.1, 0.15) is 12.1 Å². The average Bonchev–Trinajstić information content (AvgIpc) is 3.17. The van der Waals surface area contributed by atoms with Crippen molar-refractivity contribution in [3.8, 4) is 0 Å². The van der Waals surface area contributed by atoms with Gasteiger partial charge >= 0.3 is 11.9 Å². The summed E-state index contributed by atoms with van der Waals surface area (Å²) >= 11 is 0. The number of esters is 1. The lowest BCUT2D eigenvalue weighted by Gasteiger charge is -2.15. The van der Waals surface area contributed by atoms with E-state index < -0.39 is 24.5 Å². The van der Waals surface area contributed by atoms with Crippen LogP contribution in [-0.4, -0.2) is 59.3 Å². The largest absolute Gasteiger partial charge is 0.480 e. The molecule has 0 aliphatic rings. The lowest BCUT2D eigenvalue weighted by molar-refractivity contribution is -0.147. The highest BCUT2D eigenvalue weighted by Gasteiger charge is 2.18. The normalized spacial score (nSPS) is 12.6. The zero-order valence-electron chi connectivity index (χ0n) is 35.4. The van der Waals surface area contributed by atoms with E-state index in [4.69, 9.17) is 14.9 Å². The molecule has 0 aliphatic carbocycles. The van der Waals surface area contributed by atoms with Crippen LogP contribution in [0.1, 0.15) is 219 Å². The van der Waals surface area contributed by atoms with Gasteiger partial charge in [0.05, 0.1) is 13.2 Å². The van der Waals surface area contributed by atoms with E-state index in [-0.39, 0.29) is 24.5 Å². The second kappa shape index (κ2) is 41.0. The first-order valence-corrected chi connectivity index (χ1v) is 22.7. The predicted molar refractivity (Wildman–Crippen MR) is 227 cm³/mol. The molecular formula is C46H84N2O7. The van der Waals surface area contributed by atoms with Crippen molar-refractivity contribution >= 4 is 23.8 Å². The Morgan fingerprint density at radius 1 is 0.564 bits per heavy atom. The molecule has 55 heavy (non-hydrogen) atoms. The molecule has 2 amide bonds. The first-order chi connectivity index (χ1) is 26.8. The molecule has 0 bridgehead atoms. The minimum atomic E-state index is -1.38. The van der Waals surface area contributed by atoms with Crippen LogP contribution in [-0.2, 0) is 23.9 Å². The van der Waals surface area contributed by atoms with Gasteiger partial charge in [-0.3, -0.25) is 14.4 Å². The predicted octanol–water partition coefficient (Wildman–Crippen LogP) is 11.2. The molecule has 4 N–H and O–H groups in total. The van der Waals surface area contributed by atoms with E-state index in [1.54, 1.807) is 0 Å². The van der Waals surface area contributed by atoms with Crippen LogP contribution in [0.2, 0.25) is 0 Å². The Morgan fingerprint density at radius 3 is 1.55 bits per heavy atom. The molecule has 0 aromatic carbocycles. The van der Waals surface area contributed by atoms with E-state index in [2.05, 4.69) is 48.8 Å². The van der Waals surface area contributed by atoms with Crippen LogP contribution < -0.4 is 10.6 Å². The molecule has 0 heterocycles. The molecule has 2 unspecified atom stereocenters. The van der Waals surface area contributed by atoms with Crippen molar-refractivity contribution < 1.29 is 34.1 Å². The maximum Gasteiger partial charge on any atom is 0.328 e. The molecule has 0 aromatic heterocycles. The summed E-state index contributed by atoms with van der Waals surface area (Å²) in [5, 5.41) is 22.5. The SMILES string of the molecule is CCCCCC/C=C\C/C=C\C(CCCCCCCCC(=O)NCC(=O)NC(CO)C(=O)O)OC(=O)CCCCCCCCCCCCCCCCCCC. The summed E-state index contributed by atoms with van der Waals surface area (Å²) in [6.45, 7) is 3.47. The fourth-order valence-corrected chi connectivity index (χ4v) is 6.66. The van der Waals surface area contributed by atoms with Crippen molar-refractivity contribution in [3.05, 3.63) is 24.3 Å². The number of carboxylic acid groups (broad SMARTS) is 1. The van der Waals surface area contributed by atoms with Gasteiger partial charge in [-0.15, -0.1) is 0 Å². The summed E-state index contributed by atoms with van der Waals surface area (Å²) < 4.78 is 5.94. The summed E-state index contributed by atoms with van der Waals surface area (Å²) in [7, 11) is 0. The van der Waals surface area contributed by atoms with E-state index >= 15 is 0 Å². The number of hydrogen-bond acceptors (Lipinski definition) is 6. The third-order valence-corrected chi connectivity index (χ3v) is 10.2. The number of aliphatic hydroxyl groups excluding tert-OH is 1. The Balaban J connectivity index is 4.22. The van der Waals surface area contributed by atoms with Crippen LogP contribution in [0, 0.1) is 0 Å². The number of unbranched alkanes of at least 4 members (excludes halogenated alkanes) is 25. The van der Waals surface area contributed by atoms with Gasteiger partial charge in [0.2, 0.25) is 11.8 Å². The number of carboxylic acids is 1. The summed E-state index contributed by atoms with van der Waals surface area (Å²) in [6.07, 6.45) is 45.2. The average molecular weight is 777 g/mol.